The fourth-order valence-electron chi connectivity index (χ4n) is 4.17. The van der Waals surface area contributed by atoms with Crippen molar-refractivity contribution in [2.24, 2.45) is 11.3 Å². The second kappa shape index (κ2) is 13.6. The normalized spacial score (nSPS) is 15.9. The monoisotopic (exact) mass is 448 g/mol. The molecule has 0 radical (unpaired) electrons. The number of hydrogen-bond donors (Lipinski definition) is 0. The first kappa shape index (κ1) is 26.3. The van der Waals surface area contributed by atoms with Gasteiger partial charge in [-0.15, -0.1) is 0 Å². The molecule has 0 saturated heterocycles. The molecule has 1 aliphatic rings. The van der Waals surface area contributed by atoms with E-state index in [9.17, 15) is 9.59 Å². The Morgan fingerprint density at radius 1 is 1.00 bits per heavy atom. The zero-order valence-corrected chi connectivity index (χ0v) is 20.2. The van der Waals surface area contributed by atoms with Crippen molar-refractivity contribution < 1.29 is 28.5 Å². The molecule has 0 N–H and O–H groups in total. The molecule has 1 aromatic carbocycles. The average molecular weight is 449 g/mol. The summed E-state index contributed by atoms with van der Waals surface area (Å²) < 4.78 is 21.2. The van der Waals surface area contributed by atoms with E-state index in [0.717, 1.165) is 0 Å². The van der Waals surface area contributed by atoms with E-state index in [4.69, 9.17) is 18.9 Å². The van der Waals surface area contributed by atoms with Crippen LogP contribution in [-0.2, 0) is 23.8 Å². The molecule has 1 atom stereocenters. The summed E-state index contributed by atoms with van der Waals surface area (Å²) in [5.41, 5.74) is 0.531. The third kappa shape index (κ3) is 8.55. The van der Waals surface area contributed by atoms with E-state index in [0.29, 0.717) is 44.3 Å². The van der Waals surface area contributed by atoms with Crippen molar-refractivity contribution >= 4 is 11.9 Å². The number of carbonyl (C=O) groups is 2. The van der Waals surface area contributed by atoms with E-state index in [2.05, 4.69) is 12.1 Å². The first-order valence-corrected chi connectivity index (χ1v) is 11.9. The Morgan fingerprint density at radius 3 is 2.28 bits per heavy atom. The molecule has 1 aromatic rings. The van der Waals surface area contributed by atoms with Gasteiger partial charge in [0.05, 0.1) is 31.2 Å². The highest BCUT2D eigenvalue weighted by molar-refractivity contribution is 5.79. The third-order valence-corrected chi connectivity index (χ3v) is 6.20. The lowest BCUT2D eigenvalue weighted by molar-refractivity contribution is -0.157. The molecule has 0 aromatic heterocycles. The Balaban J connectivity index is 1.83. The summed E-state index contributed by atoms with van der Waals surface area (Å²) in [4.78, 5) is 25.3. The predicted molar refractivity (Wildman–Crippen MR) is 124 cm³/mol. The van der Waals surface area contributed by atoms with E-state index in [1.807, 2.05) is 19.1 Å². The summed E-state index contributed by atoms with van der Waals surface area (Å²) in [5.74, 6) is 0.154. The lowest BCUT2D eigenvalue weighted by Gasteiger charge is -2.26. The Labute approximate surface area is 193 Å². The van der Waals surface area contributed by atoms with Gasteiger partial charge < -0.3 is 18.9 Å². The molecule has 32 heavy (non-hydrogen) atoms. The van der Waals surface area contributed by atoms with Gasteiger partial charge in [-0.05, 0) is 63.1 Å². The molecule has 0 amide bonds. The Kier molecular flexibility index (Phi) is 11.2. The molecule has 0 heterocycles. The smallest absolute Gasteiger partial charge is 0.314 e. The summed E-state index contributed by atoms with van der Waals surface area (Å²) in [7, 11) is 1.60. The molecule has 0 aliphatic heterocycles. The van der Waals surface area contributed by atoms with Gasteiger partial charge in [-0.2, -0.15) is 0 Å². The number of hydrogen-bond acceptors (Lipinski definition) is 6. The van der Waals surface area contributed by atoms with Crippen LogP contribution in [0.15, 0.2) is 24.3 Å². The molecule has 1 fully saturated rings. The topological polar surface area (TPSA) is 71.1 Å². The SMILES string of the molecule is CCC(CC(C)(C)C(=O)OCCOCCOC)C(=O)Oc1ccc(C2CCCCC2)cc1. The molecule has 1 aliphatic carbocycles. The lowest BCUT2D eigenvalue weighted by Crippen LogP contribution is -2.33. The van der Waals surface area contributed by atoms with Crippen molar-refractivity contribution in [2.75, 3.05) is 33.5 Å². The number of benzene rings is 1. The van der Waals surface area contributed by atoms with E-state index in [1.54, 1.807) is 21.0 Å². The number of rotatable bonds is 13. The van der Waals surface area contributed by atoms with Gasteiger partial charge in [-0.25, -0.2) is 0 Å². The third-order valence-electron chi connectivity index (χ3n) is 6.20. The summed E-state index contributed by atoms with van der Waals surface area (Å²) in [6, 6.07) is 7.93. The zero-order valence-electron chi connectivity index (χ0n) is 20.2. The lowest BCUT2D eigenvalue weighted by atomic mass is 9.81. The molecule has 0 spiro atoms. The molecule has 0 bridgehead atoms. The van der Waals surface area contributed by atoms with E-state index in [-0.39, 0.29) is 24.5 Å². The zero-order chi connectivity index (χ0) is 23.4. The number of methoxy groups -OCH3 is 1. The van der Waals surface area contributed by atoms with Crippen molar-refractivity contribution in [3.63, 3.8) is 0 Å². The standard InChI is InChI=1S/C26H40O6/c1-5-20(19-26(2,3)25(28)31-18-17-30-16-15-29-4)24(27)32-23-13-11-22(12-14-23)21-9-7-6-8-10-21/h11-14,20-21H,5-10,15-19H2,1-4H3. The van der Waals surface area contributed by atoms with Gasteiger partial charge in [0.15, 0.2) is 0 Å². The second-order valence-electron chi connectivity index (χ2n) is 9.26. The van der Waals surface area contributed by atoms with Gasteiger partial charge in [0.1, 0.15) is 12.4 Å². The number of esters is 2. The van der Waals surface area contributed by atoms with Gasteiger partial charge in [0.2, 0.25) is 0 Å². The van der Waals surface area contributed by atoms with E-state index < -0.39 is 5.41 Å². The quantitative estimate of drug-likeness (QED) is 0.232. The van der Waals surface area contributed by atoms with Crippen molar-refractivity contribution in [3.8, 4) is 5.75 Å². The summed E-state index contributed by atoms with van der Waals surface area (Å²) in [6.07, 6.45) is 7.35. The van der Waals surface area contributed by atoms with Gasteiger partial charge in [0.25, 0.3) is 0 Å². The molecule has 6 nitrogen and oxygen atoms in total. The minimum absolute atomic E-state index is 0.181. The van der Waals surface area contributed by atoms with Crippen molar-refractivity contribution in [1.29, 1.82) is 0 Å². The molecular weight excluding hydrogens is 408 g/mol. The Bertz CT molecular complexity index is 691. The van der Waals surface area contributed by atoms with Crippen LogP contribution in [0.3, 0.4) is 0 Å². The van der Waals surface area contributed by atoms with E-state index >= 15 is 0 Å². The highest BCUT2D eigenvalue weighted by Gasteiger charge is 2.35. The molecule has 2 rings (SSSR count). The molecular formula is C26H40O6. The van der Waals surface area contributed by atoms with Crippen molar-refractivity contribution in [3.05, 3.63) is 29.8 Å². The van der Waals surface area contributed by atoms with Crippen LogP contribution in [-0.4, -0.2) is 45.5 Å². The predicted octanol–water partition coefficient (Wildman–Crippen LogP) is 5.29. The van der Waals surface area contributed by atoms with Gasteiger partial charge in [0, 0.05) is 7.11 Å². The first-order chi connectivity index (χ1) is 15.4. The van der Waals surface area contributed by atoms with Crippen LogP contribution in [0.2, 0.25) is 0 Å². The highest BCUT2D eigenvalue weighted by atomic mass is 16.6. The largest absolute Gasteiger partial charge is 0.463 e. The average Bonchev–Trinajstić information content (AvgIpc) is 2.80. The maximum absolute atomic E-state index is 12.8. The molecule has 1 unspecified atom stereocenters. The van der Waals surface area contributed by atoms with Crippen LogP contribution in [0, 0.1) is 11.3 Å². The van der Waals surface area contributed by atoms with Crippen LogP contribution < -0.4 is 4.74 Å². The fraction of sp³-hybridized carbons (Fsp3) is 0.692. The van der Waals surface area contributed by atoms with Crippen LogP contribution in [0.1, 0.15) is 77.2 Å². The number of ether oxygens (including phenoxy) is 4. The maximum atomic E-state index is 12.8. The Morgan fingerprint density at radius 2 is 1.66 bits per heavy atom. The summed E-state index contributed by atoms with van der Waals surface area (Å²) in [5, 5.41) is 0. The van der Waals surface area contributed by atoms with Crippen molar-refractivity contribution in [1.82, 2.24) is 0 Å². The number of carbonyl (C=O) groups excluding carboxylic acids is 2. The van der Waals surface area contributed by atoms with Crippen LogP contribution >= 0.6 is 0 Å². The molecule has 6 heteroatoms. The van der Waals surface area contributed by atoms with Crippen LogP contribution in [0.4, 0.5) is 0 Å². The Hall–Kier alpha value is -1.92. The fourth-order valence-corrected chi connectivity index (χ4v) is 4.17. The second-order valence-corrected chi connectivity index (χ2v) is 9.26. The van der Waals surface area contributed by atoms with Gasteiger partial charge in [-0.3, -0.25) is 9.59 Å². The molecule has 180 valence electrons. The minimum atomic E-state index is -0.795. The van der Waals surface area contributed by atoms with Crippen LogP contribution in [0.5, 0.6) is 5.75 Å². The molecule has 1 saturated carbocycles. The van der Waals surface area contributed by atoms with E-state index in [1.165, 1.54) is 37.7 Å². The van der Waals surface area contributed by atoms with Crippen molar-refractivity contribution in [2.45, 2.75) is 71.6 Å². The van der Waals surface area contributed by atoms with Gasteiger partial charge in [-0.1, -0.05) is 38.3 Å². The summed E-state index contributed by atoms with van der Waals surface area (Å²) >= 11 is 0. The first-order valence-electron chi connectivity index (χ1n) is 11.9. The maximum Gasteiger partial charge on any atom is 0.314 e. The van der Waals surface area contributed by atoms with Crippen LogP contribution in [0.25, 0.3) is 0 Å². The summed E-state index contributed by atoms with van der Waals surface area (Å²) in [6.45, 7) is 7.00. The van der Waals surface area contributed by atoms with Gasteiger partial charge >= 0.3 is 11.9 Å². The minimum Gasteiger partial charge on any atom is -0.463 e. The highest BCUT2D eigenvalue weighted by Crippen LogP contribution is 2.34.